The van der Waals surface area contributed by atoms with Crippen LogP contribution in [0.25, 0.3) is 0 Å². The lowest BCUT2D eigenvalue weighted by atomic mass is 9.83. The number of hydrogen-bond acceptors (Lipinski definition) is 1. The minimum atomic E-state index is -4.77. The van der Waals surface area contributed by atoms with E-state index in [-0.39, 0.29) is 24.7 Å². The molecule has 0 radical (unpaired) electrons. The van der Waals surface area contributed by atoms with Crippen molar-refractivity contribution in [3.8, 4) is 0 Å². The Morgan fingerprint density at radius 3 is 2.07 bits per heavy atom. The molecule has 1 fully saturated rings. The molecule has 2 aliphatic carbocycles. The summed E-state index contributed by atoms with van der Waals surface area (Å²) in [5.41, 5.74) is -3.37. The molecule has 0 aliphatic heterocycles. The summed E-state index contributed by atoms with van der Waals surface area (Å²) in [5.74, 6) is -11.8. The molecule has 0 aromatic heterocycles. The molecule has 0 aromatic carbocycles. The summed E-state index contributed by atoms with van der Waals surface area (Å²) < 4.78 is 90.1. The van der Waals surface area contributed by atoms with E-state index in [0.29, 0.717) is 5.92 Å². The fraction of sp³-hybridized carbons (Fsp3) is 0.619. The van der Waals surface area contributed by atoms with Crippen molar-refractivity contribution in [2.24, 2.45) is 11.8 Å². The second kappa shape index (κ2) is 8.37. The maximum atomic E-state index is 14.4. The van der Waals surface area contributed by atoms with Gasteiger partial charge in [-0.15, -0.1) is 0 Å². The molecule has 0 heterocycles. The fourth-order valence-electron chi connectivity index (χ4n) is 3.49. The first-order valence-electron chi connectivity index (χ1n) is 9.41. The molecular weight excluding hydrogens is 382 g/mol. The third-order valence-electron chi connectivity index (χ3n) is 5.61. The highest BCUT2D eigenvalue weighted by atomic mass is 19.3. The van der Waals surface area contributed by atoms with Crippen molar-refractivity contribution in [3.05, 3.63) is 47.3 Å². The molecule has 0 bridgehead atoms. The standard InChI is InChI=1S/C21H26F6O/c1-12(2)20(24,25)21(26,27)14(4)16-9-10-17(19(23)18(16)22)28-11-15-7-5-13(3)6-8-15/h13,15H,1,4-11H2,2-3H3. The summed E-state index contributed by atoms with van der Waals surface area (Å²) in [6, 6.07) is 0. The molecule has 0 spiro atoms. The average molecular weight is 408 g/mol. The molecule has 0 atom stereocenters. The van der Waals surface area contributed by atoms with Gasteiger partial charge in [-0.25, -0.2) is 8.78 Å². The lowest BCUT2D eigenvalue weighted by Crippen LogP contribution is -2.43. The number of ether oxygens (including phenoxy) is 1. The summed E-state index contributed by atoms with van der Waals surface area (Å²) in [6.07, 6.45) is 3.36. The van der Waals surface area contributed by atoms with E-state index in [1.165, 1.54) is 0 Å². The van der Waals surface area contributed by atoms with Gasteiger partial charge in [-0.05, 0) is 43.6 Å². The third-order valence-corrected chi connectivity index (χ3v) is 5.61. The van der Waals surface area contributed by atoms with Crippen LogP contribution in [0.2, 0.25) is 0 Å². The minimum Gasteiger partial charge on any atom is -0.494 e. The first kappa shape index (κ1) is 22.6. The number of hydrogen-bond donors (Lipinski definition) is 0. The molecule has 1 saturated carbocycles. The Morgan fingerprint density at radius 2 is 1.54 bits per heavy atom. The number of allylic oxidation sites excluding steroid dienone is 6. The minimum absolute atomic E-state index is 0.189. The maximum absolute atomic E-state index is 14.4. The molecule has 158 valence electrons. The zero-order valence-electron chi connectivity index (χ0n) is 16.2. The van der Waals surface area contributed by atoms with Crippen molar-refractivity contribution in [2.45, 2.75) is 64.2 Å². The van der Waals surface area contributed by atoms with Gasteiger partial charge in [0.25, 0.3) is 0 Å². The van der Waals surface area contributed by atoms with Crippen molar-refractivity contribution in [2.75, 3.05) is 6.61 Å². The van der Waals surface area contributed by atoms with E-state index in [2.05, 4.69) is 20.1 Å². The summed E-state index contributed by atoms with van der Waals surface area (Å²) in [4.78, 5) is 0. The number of halogens is 6. The maximum Gasteiger partial charge on any atom is 0.339 e. The van der Waals surface area contributed by atoms with Crippen molar-refractivity contribution >= 4 is 0 Å². The van der Waals surface area contributed by atoms with Gasteiger partial charge in [0.15, 0.2) is 11.7 Å². The lowest BCUT2D eigenvalue weighted by molar-refractivity contribution is -0.159. The Balaban J connectivity index is 2.15. The molecule has 7 heteroatoms. The normalized spacial score (nSPS) is 24.4. The molecule has 0 aromatic rings. The predicted octanol–water partition coefficient (Wildman–Crippen LogP) is 7.43. The van der Waals surface area contributed by atoms with Crippen LogP contribution >= 0.6 is 0 Å². The van der Waals surface area contributed by atoms with Crippen LogP contribution in [0.15, 0.2) is 47.3 Å². The van der Waals surface area contributed by atoms with Crippen molar-refractivity contribution in [1.29, 1.82) is 0 Å². The van der Waals surface area contributed by atoms with E-state index < -0.39 is 46.6 Å². The molecule has 0 unspecified atom stereocenters. The van der Waals surface area contributed by atoms with Gasteiger partial charge >= 0.3 is 11.8 Å². The van der Waals surface area contributed by atoms with E-state index in [1.807, 2.05) is 0 Å². The molecule has 28 heavy (non-hydrogen) atoms. The number of rotatable bonds is 7. The Morgan fingerprint density at radius 1 is 0.964 bits per heavy atom. The van der Waals surface area contributed by atoms with Crippen molar-refractivity contribution in [1.82, 2.24) is 0 Å². The van der Waals surface area contributed by atoms with Gasteiger partial charge in [-0.3, -0.25) is 0 Å². The van der Waals surface area contributed by atoms with Crippen LogP contribution in [0.3, 0.4) is 0 Å². The topological polar surface area (TPSA) is 9.23 Å². The predicted molar refractivity (Wildman–Crippen MR) is 96.4 cm³/mol. The summed E-state index contributed by atoms with van der Waals surface area (Å²) in [7, 11) is 0. The van der Waals surface area contributed by atoms with Gasteiger partial charge < -0.3 is 4.74 Å². The van der Waals surface area contributed by atoms with Crippen LogP contribution in [0.4, 0.5) is 26.3 Å². The van der Waals surface area contributed by atoms with E-state index in [4.69, 9.17) is 4.74 Å². The molecule has 2 aliphatic rings. The zero-order chi connectivity index (χ0) is 21.3. The van der Waals surface area contributed by atoms with Gasteiger partial charge in [-0.2, -0.15) is 17.6 Å². The van der Waals surface area contributed by atoms with Gasteiger partial charge in [-0.1, -0.05) is 32.9 Å². The second-order valence-electron chi connectivity index (χ2n) is 7.87. The Hall–Kier alpha value is -1.66. The summed E-state index contributed by atoms with van der Waals surface area (Å²) in [6.45, 7) is 8.91. The quantitative estimate of drug-likeness (QED) is 0.314. The smallest absolute Gasteiger partial charge is 0.339 e. The largest absolute Gasteiger partial charge is 0.494 e. The molecule has 2 rings (SSSR count). The first-order chi connectivity index (χ1) is 12.9. The Labute approximate surface area is 161 Å². The van der Waals surface area contributed by atoms with Crippen LogP contribution in [-0.4, -0.2) is 18.5 Å². The molecular formula is C21H26F6O. The highest BCUT2D eigenvalue weighted by molar-refractivity contribution is 5.46. The Bertz CT molecular complexity index is 696. The highest BCUT2D eigenvalue weighted by Gasteiger charge is 2.59. The van der Waals surface area contributed by atoms with Crippen LogP contribution < -0.4 is 0 Å². The Kier molecular flexibility index (Phi) is 6.77. The SMILES string of the molecule is C=C(C)C(F)(F)C(F)(F)C(=C)C1=C(F)C(F)=C(OCC2CCC(C)CC2)CC1. The van der Waals surface area contributed by atoms with Gasteiger partial charge in [0.1, 0.15) is 5.76 Å². The lowest BCUT2D eigenvalue weighted by Gasteiger charge is -2.31. The van der Waals surface area contributed by atoms with Gasteiger partial charge in [0.05, 0.1) is 6.61 Å². The van der Waals surface area contributed by atoms with E-state index >= 15 is 0 Å². The van der Waals surface area contributed by atoms with Crippen LogP contribution in [0.5, 0.6) is 0 Å². The van der Waals surface area contributed by atoms with E-state index in [9.17, 15) is 26.3 Å². The summed E-state index contributed by atoms with van der Waals surface area (Å²) in [5, 5.41) is 0. The molecule has 1 nitrogen and oxygen atoms in total. The van der Waals surface area contributed by atoms with Crippen molar-refractivity contribution < 1.29 is 31.1 Å². The van der Waals surface area contributed by atoms with Crippen molar-refractivity contribution in [3.63, 3.8) is 0 Å². The second-order valence-corrected chi connectivity index (χ2v) is 7.87. The van der Waals surface area contributed by atoms with Crippen LogP contribution in [0, 0.1) is 11.8 Å². The van der Waals surface area contributed by atoms with Crippen LogP contribution in [-0.2, 0) is 4.74 Å². The zero-order valence-corrected chi connectivity index (χ0v) is 16.2. The number of alkyl halides is 4. The monoisotopic (exact) mass is 408 g/mol. The van der Waals surface area contributed by atoms with Gasteiger partial charge in [0, 0.05) is 17.6 Å². The van der Waals surface area contributed by atoms with Crippen LogP contribution in [0.1, 0.15) is 52.4 Å². The van der Waals surface area contributed by atoms with E-state index in [0.717, 1.165) is 32.6 Å². The van der Waals surface area contributed by atoms with Gasteiger partial charge in [0.2, 0.25) is 0 Å². The average Bonchev–Trinajstić information content (AvgIpc) is 2.63. The third kappa shape index (κ3) is 4.33. The molecule has 0 N–H and O–H groups in total. The fourth-order valence-corrected chi connectivity index (χ4v) is 3.49. The summed E-state index contributed by atoms with van der Waals surface area (Å²) >= 11 is 0. The highest BCUT2D eigenvalue weighted by Crippen LogP contribution is 2.49. The van der Waals surface area contributed by atoms with E-state index in [1.54, 1.807) is 0 Å². The molecule has 0 amide bonds. The first-order valence-corrected chi connectivity index (χ1v) is 9.41. The molecule has 0 saturated heterocycles.